The maximum absolute atomic E-state index is 10.9. The summed E-state index contributed by atoms with van der Waals surface area (Å²) in [5.41, 5.74) is 0.867. The van der Waals surface area contributed by atoms with E-state index >= 15 is 0 Å². The molecule has 0 radical (unpaired) electrons. The van der Waals surface area contributed by atoms with Gasteiger partial charge in [0.15, 0.2) is 17.2 Å². The van der Waals surface area contributed by atoms with Gasteiger partial charge < -0.3 is 14.6 Å². The molecular weight excluding hydrogens is 278 g/mol. The lowest BCUT2D eigenvalue weighted by atomic mass is 10.2. The van der Waals surface area contributed by atoms with E-state index in [1.54, 1.807) is 0 Å². The highest BCUT2D eigenvalue weighted by molar-refractivity contribution is 7.13. The molecule has 6 heteroatoms. The third-order valence-electron chi connectivity index (χ3n) is 2.51. The van der Waals surface area contributed by atoms with Crippen LogP contribution in [0.5, 0.6) is 11.5 Å². The molecule has 0 fully saturated rings. The lowest BCUT2D eigenvalue weighted by Gasteiger charge is -2.11. The number of hydrogen-bond donors (Lipinski definition) is 1. The Labute approximate surface area is 120 Å². The van der Waals surface area contributed by atoms with Crippen LogP contribution < -0.4 is 9.47 Å². The molecule has 106 valence electrons. The fourth-order valence-corrected chi connectivity index (χ4v) is 2.48. The molecule has 1 aromatic heterocycles. The number of carboxylic acid groups (broad SMARTS) is 1. The number of rotatable bonds is 6. The summed E-state index contributed by atoms with van der Waals surface area (Å²) in [7, 11) is 0. The lowest BCUT2D eigenvalue weighted by molar-refractivity contribution is 0.0691. The largest absolute Gasteiger partial charge is 0.490 e. The second-order valence-corrected chi connectivity index (χ2v) is 4.73. The van der Waals surface area contributed by atoms with Crippen molar-refractivity contribution < 1.29 is 19.4 Å². The van der Waals surface area contributed by atoms with Crippen LogP contribution in [0.3, 0.4) is 0 Å². The first-order valence-corrected chi connectivity index (χ1v) is 7.12. The monoisotopic (exact) mass is 293 g/mol. The standard InChI is InChI=1S/C14H15NO4S/c1-3-18-11-6-5-9(7-12(11)19-4-2)13-15-10(8-20-13)14(16)17/h5-8H,3-4H2,1-2H3,(H,16,17). The Morgan fingerprint density at radius 3 is 2.55 bits per heavy atom. The number of carboxylic acids is 1. The van der Waals surface area contributed by atoms with E-state index in [1.165, 1.54) is 16.7 Å². The summed E-state index contributed by atoms with van der Waals surface area (Å²) in [4.78, 5) is 14.9. The molecule has 0 aliphatic heterocycles. The zero-order valence-electron chi connectivity index (χ0n) is 11.3. The molecule has 0 saturated carbocycles. The Morgan fingerprint density at radius 2 is 1.95 bits per heavy atom. The highest BCUT2D eigenvalue weighted by Crippen LogP contribution is 2.34. The van der Waals surface area contributed by atoms with Crippen molar-refractivity contribution in [3.05, 3.63) is 29.3 Å². The van der Waals surface area contributed by atoms with Crippen LogP contribution in [0.4, 0.5) is 0 Å². The summed E-state index contributed by atoms with van der Waals surface area (Å²) in [5.74, 6) is 0.288. The first kappa shape index (κ1) is 14.3. The predicted molar refractivity (Wildman–Crippen MR) is 76.8 cm³/mol. The summed E-state index contributed by atoms with van der Waals surface area (Å²) in [5, 5.41) is 11.1. The van der Waals surface area contributed by atoms with E-state index in [0.29, 0.717) is 29.7 Å². The topological polar surface area (TPSA) is 68.7 Å². The average Bonchev–Trinajstić information content (AvgIpc) is 2.91. The van der Waals surface area contributed by atoms with Gasteiger partial charge in [0.2, 0.25) is 0 Å². The first-order valence-electron chi connectivity index (χ1n) is 6.24. The molecule has 1 aromatic carbocycles. The van der Waals surface area contributed by atoms with Crippen LogP contribution in [0.25, 0.3) is 10.6 Å². The number of ether oxygens (including phenoxy) is 2. The molecule has 1 heterocycles. The molecule has 0 aliphatic rings. The Kier molecular flexibility index (Phi) is 4.57. The van der Waals surface area contributed by atoms with E-state index in [0.717, 1.165) is 5.56 Å². The highest BCUT2D eigenvalue weighted by atomic mass is 32.1. The van der Waals surface area contributed by atoms with Crippen LogP contribution >= 0.6 is 11.3 Å². The molecule has 1 N–H and O–H groups in total. The van der Waals surface area contributed by atoms with Crippen LogP contribution in [-0.4, -0.2) is 29.3 Å². The van der Waals surface area contributed by atoms with Gasteiger partial charge in [-0.3, -0.25) is 0 Å². The first-order chi connectivity index (χ1) is 9.65. The number of aromatic carboxylic acids is 1. The van der Waals surface area contributed by atoms with Gasteiger partial charge in [-0.05, 0) is 32.0 Å². The zero-order valence-corrected chi connectivity index (χ0v) is 12.1. The van der Waals surface area contributed by atoms with Crippen LogP contribution in [0, 0.1) is 0 Å². The summed E-state index contributed by atoms with van der Waals surface area (Å²) >= 11 is 1.29. The van der Waals surface area contributed by atoms with Gasteiger partial charge in [-0.15, -0.1) is 11.3 Å². The van der Waals surface area contributed by atoms with Gasteiger partial charge >= 0.3 is 5.97 Å². The Hall–Kier alpha value is -2.08. The predicted octanol–water partition coefficient (Wildman–Crippen LogP) is 3.31. The fourth-order valence-electron chi connectivity index (χ4n) is 1.69. The molecule has 2 rings (SSSR count). The van der Waals surface area contributed by atoms with Crippen molar-refractivity contribution in [2.45, 2.75) is 13.8 Å². The maximum atomic E-state index is 10.9. The molecule has 0 saturated heterocycles. The molecule has 20 heavy (non-hydrogen) atoms. The minimum absolute atomic E-state index is 0.0526. The van der Waals surface area contributed by atoms with Gasteiger partial charge in [0, 0.05) is 10.9 Å². The normalized spacial score (nSPS) is 10.3. The van der Waals surface area contributed by atoms with Gasteiger partial charge in [-0.2, -0.15) is 0 Å². The van der Waals surface area contributed by atoms with Gasteiger partial charge in [0.25, 0.3) is 0 Å². The quantitative estimate of drug-likeness (QED) is 0.885. The zero-order chi connectivity index (χ0) is 14.5. The van der Waals surface area contributed by atoms with Crippen molar-refractivity contribution in [2.75, 3.05) is 13.2 Å². The third-order valence-corrected chi connectivity index (χ3v) is 3.41. The Balaban J connectivity index is 2.36. The van der Waals surface area contributed by atoms with Crippen molar-refractivity contribution in [1.82, 2.24) is 4.98 Å². The highest BCUT2D eigenvalue weighted by Gasteiger charge is 2.13. The molecular formula is C14H15NO4S. The summed E-state index contributed by atoms with van der Waals surface area (Å²) < 4.78 is 11.0. The number of carbonyl (C=O) groups is 1. The van der Waals surface area contributed by atoms with Gasteiger partial charge in [-0.25, -0.2) is 9.78 Å². The van der Waals surface area contributed by atoms with Crippen LogP contribution in [0.15, 0.2) is 23.6 Å². The van der Waals surface area contributed by atoms with Crippen molar-refractivity contribution in [1.29, 1.82) is 0 Å². The van der Waals surface area contributed by atoms with Crippen LogP contribution in [0.2, 0.25) is 0 Å². The number of benzene rings is 1. The SMILES string of the molecule is CCOc1ccc(-c2nc(C(=O)O)cs2)cc1OCC. The molecule has 0 unspecified atom stereocenters. The maximum Gasteiger partial charge on any atom is 0.355 e. The van der Waals surface area contributed by atoms with Gasteiger partial charge in [0.1, 0.15) is 5.01 Å². The van der Waals surface area contributed by atoms with E-state index in [1.807, 2.05) is 32.0 Å². The van der Waals surface area contributed by atoms with Crippen molar-refractivity contribution >= 4 is 17.3 Å². The number of hydrogen-bond acceptors (Lipinski definition) is 5. The van der Waals surface area contributed by atoms with E-state index in [-0.39, 0.29) is 5.69 Å². The molecule has 0 spiro atoms. The van der Waals surface area contributed by atoms with Crippen LogP contribution in [-0.2, 0) is 0 Å². The van der Waals surface area contributed by atoms with Crippen molar-refractivity contribution in [3.8, 4) is 22.1 Å². The molecule has 0 atom stereocenters. The van der Waals surface area contributed by atoms with E-state index in [2.05, 4.69) is 4.98 Å². The van der Waals surface area contributed by atoms with E-state index < -0.39 is 5.97 Å². The van der Waals surface area contributed by atoms with Crippen molar-refractivity contribution in [2.24, 2.45) is 0 Å². The molecule has 0 aliphatic carbocycles. The molecule has 5 nitrogen and oxygen atoms in total. The molecule has 2 aromatic rings. The third kappa shape index (κ3) is 3.08. The summed E-state index contributed by atoms with van der Waals surface area (Å²) in [6.45, 7) is 4.89. The molecule has 0 bridgehead atoms. The number of nitrogens with zero attached hydrogens (tertiary/aromatic N) is 1. The van der Waals surface area contributed by atoms with Crippen LogP contribution in [0.1, 0.15) is 24.3 Å². The second kappa shape index (κ2) is 6.38. The molecule has 0 amide bonds. The minimum atomic E-state index is -1.02. The smallest absolute Gasteiger partial charge is 0.355 e. The lowest BCUT2D eigenvalue weighted by Crippen LogP contribution is -1.99. The van der Waals surface area contributed by atoms with E-state index in [4.69, 9.17) is 14.6 Å². The Bertz CT molecular complexity index is 609. The Morgan fingerprint density at radius 1 is 1.25 bits per heavy atom. The number of thiazole rings is 1. The van der Waals surface area contributed by atoms with Crippen molar-refractivity contribution in [3.63, 3.8) is 0 Å². The van der Waals surface area contributed by atoms with Gasteiger partial charge in [0.05, 0.1) is 13.2 Å². The number of aromatic nitrogens is 1. The van der Waals surface area contributed by atoms with E-state index in [9.17, 15) is 4.79 Å². The van der Waals surface area contributed by atoms with Gasteiger partial charge in [-0.1, -0.05) is 0 Å². The second-order valence-electron chi connectivity index (χ2n) is 3.87. The summed E-state index contributed by atoms with van der Waals surface area (Å²) in [6.07, 6.45) is 0. The fraction of sp³-hybridized carbons (Fsp3) is 0.286. The average molecular weight is 293 g/mol. The summed E-state index contributed by atoms with van der Waals surface area (Å²) in [6, 6.07) is 5.47. The minimum Gasteiger partial charge on any atom is -0.490 e.